The van der Waals surface area contributed by atoms with Gasteiger partial charge in [-0.15, -0.1) is 5.10 Å². The van der Waals surface area contributed by atoms with Crippen LogP contribution in [0.15, 0.2) is 60.9 Å². The second-order valence-electron chi connectivity index (χ2n) is 8.39. The minimum atomic E-state index is -4.83. The van der Waals surface area contributed by atoms with Crippen molar-refractivity contribution in [3.05, 3.63) is 77.2 Å². The Bertz CT molecular complexity index is 1320. The van der Waals surface area contributed by atoms with Crippen molar-refractivity contribution in [3.8, 4) is 22.6 Å². The van der Waals surface area contributed by atoms with Crippen LogP contribution < -0.4 is 0 Å². The van der Waals surface area contributed by atoms with E-state index in [1.54, 1.807) is 68.0 Å². The normalized spacial score (nSPS) is 12.1. The van der Waals surface area contributed by atoms with Crippen LogP contribution in [-0.4, -0.2) is 36.3 Å². The van der Waals surface area contributed by atoms with Crippen LogP contribution in [0.4, 0.5) is 13.2 Å². The number of carbonyl (C=O) groups is 1. The first-order chi connectivity index (χ1) is 15.9. The molecule has 0 fully saturated rings. The summed E-state index contributed by atoms with van der Waals surface area (Å²) in [6.07, 6.45) is -2.28. The molecule has 0 radical (unpaired) electrons. The molecule has 2 aromatic carbocycles. The molecule has 2 heterocycles. The lowest BCUT2D eigenvalue weighted by molar-refractivity contribution is -0.143. The van der Waals surface area contributed by atoms with Gasteiger partial charge in [0.25, 0.3) is 0 Å². The Balaban J connectivity index is 1.65. The number of ether oxygens (including phenoxy) is 1. The summed E-state index contributed by atoms with van der Waals surface area (Å²) >= 11 is 5.90. The zero-order chi connectivity index (χ0) is 24.7. The first-order valence-electron chi connectivity index (χ1n) is 10.1. The number of carbonyl (C=O) groups excluding carboxylic acids is 1. The van der Waals surface area contributed by atoms with Crippen LogP contribution in [0.25, 0.3) is 22.6 Å². The second kappa shape index (κ2) is 8.60. The Hall–Kier alpha value is -3.66. The molecule has 34 heavy (non-hydrogen) atoms. The topological polar surface area (TPSA) is 74.8 Å². The van der Waals surface area contributed by atoms with Crippen molar-refractivity contribution in [1.29, 1.82) is 0 Å². The molecule has 0 saturated heterocycles. The average molecular weight is 490 g/mol. The molecule has 4 rings (SSSR count). The zero-order valence-corrected chi connectivity index (χ0v) is 19.1. The van der Waals surface area contributed by atoms with Gasteiger partial charge in [0, 0.05) is 10.6 Å². The van der Waals surface area contributed by atoms with E-state index in [4.69, 9.17) is 16.3 Å². The van der Waals surface area contributed by atoms with Crippen LogP contribution in [0.3, 0.4) is 0 Å². The molecule has 0 bridgehead atoms. The van der Waals surface area contributed by atoms with Crippen molar-refractivity contribution in [2.75, 3.05) is 0 Å². The number of hydrogen-bond donors (Lipinski definition) is 0. The molecule has 0 aliphatic rings. The summed E-state index contributed by atoms with van der Waals surface area (Å²) in [5.41, 5.74) is -0.783. The molecule has 0 N–H and O–H groups in total. The SMILES string of the molecule is CC(C)(C)OC(=O)c1cnn(-c2ccc(-c3cn(-c4ccc(Cl)cc4)nn3)cc2)c1C(F)(F)F. The van der Waals surface area contributed by atoms with E-state index in [-0.39, 0.29) is 5.69 Å². The van der Waals surface area contributed by atoms with Crippen LogP contribution >= 0.6 is 11.6 Å². The van der Waals surface area contributed by atoms with Gasteiger partial charge < -0.3 is 4.74 Å². The molecule has 7 nitrogen and oxygen atoms in total. The summed E-state index contributed by atoms with van der Waals surface area (Å²) in [6, 6.07) is 13.1. The third kappa shape index (κ3) is 4.96. The van der Waals surface area contributed by atoms with E-state index in [1.165, 1.54) is 12.1 Å². The van der Waals surface area contributed by atoms with Crippen molar-refractivity contribution in [2.45, 2.75) is 32.5 Å². The van der Waals surface area contributed by atoms with Gasteiger partial charge in [-0.25, -0.2) is 14.2 Å². The fraction of sp³-hybridized carbons (Fsp3) is 0.217. The van der Waals surface area contributed by atoms with Gasteiger partial charge in [-0.05, 0) is 57.2 Å². The number of aromatic nitrogens is 5. The Morgan fingerprint density at radius 3 is 2.18 bits per heavy atom. The largest absolute Gasteiger partial charge is 0.456 e. The third-order valence-corrected chi connectivity index (χ3v) is 4.90. The van der Waals surface area contributed by atoms with Gasteiger partial charge in [-0.1, -0.05) is 28.9 Å². The third-order valence-electron chi connectivity index (χ3n) is 4.65. The van der Waals surface area contributed by atoms with Crippen LogP contribution in [0.5, 0.6) is 0 Å². The predicted octanol–water partition coefficient (Wildman–Crippen LogP) is 5.75. The summed E-state index contributed by atoms with van der Waals surface area (Å²) < 4.78 is 48.9. The van der Waals surface area contributed by atoms with Crippen LogP contribution in [0, 0.1) is 0 Å². The lowest BCUT2D eigenvalue weighted by Gasteiger charge is -2.20. The lowest BCUT2D eigenvalue weighted by atomic mass is 10.1. The van der Waals surface area contributed by atoms with E-state index >= 15 is 0 Å². The van der Waals surface area contributed by atoms with E-state index < -0.39 is 29.0 Å². The minimum absolute atomic E-state index is 0.121. The first-order valence-corrected chi connectivity index (χ1v) is 10.5. The summed E-state index contributed by atoms with van der Waals surface area (Å²) in [5.74, 6) is -1.10. The van der Waals surface area contributed by atoms with Gasteiger partial charge in [0.15, 0.2) is 5.69 Å². The molecule has 0 atom stereocenters. The van der Waals surface area contributed by atoms with Gasteiger partial charge in [-0.3, -0.25) is 0 Å². The lowest BCUT2D eigenvalue weighted by Crippen LogP contribution is -2.26. The minimum Gasteiger partial charge on any atom is -0.456 e. The van der Waals surface area contributed by atoms with Gasteiger partial charge in [0.1, 0.15) is 16.9 Å². The maximum Gasteiger partial charge on any atom is 0.434 e. The van der Waals surface area contributed by atoms with E-state index in [9.17, 15) is 18.0 Å². The van der Waals surface area contributed by atoms with Crippen molar-refractivity contribution in [3.63, 3.8) is 0 Å². The summed E-state index contributed by atoms with van der Waals surface area (Å²) in [4.78, 5) is 12.3. The smallest absolute Gasteiger partial charge is 0.434 e. The van der Waals surface area contributed by atoms with Crippen molar-refractivity contribution in [2.24, 2.45) is 0 Å². The maximum atomic E-state index is 13.9. The van der Waals surface area contributed by atoms with Crippen LogP contribution in [0.1, 0.15) is 36.8 Å². The highest BCUT2D eigenvalue weighted by atomic mass is 35.5. The molecule has 0 unspecified atom stereocenters. The highest BCUT2D eigenvalue weighted by molar-refractivity contribution is 6.30. The Kier molecular flexibility index (Phi) is 5.94. The number of nitrogens with zero attached hydrogens (tertiary/aromatic N) is 5. The van der Waals surface area contributed by atoms with Crippen LogP contribution in [0.2, 0.25) is 5.02 Å². The highest BCUT2D eigenvalue weighted by Crippen LogP contribution is 2.35. The Morgan fingerprint density at radius 1 is 0.971 bits per heavy atom. The van der Waals surface area contributed by atoms with E-state index in [0.717, 1.165) is 11.9 Å². The summed E-state index contributed by atoms with van der Waals surface area (Å²) in [5, 5.41) is 12.6. The molecule has 11 heteroatoms. The Labute approximate surface area is 197 Å². The number of benzene rings is 2. The number of alkyl halides is 3. The molecule has 2 aromatic heterocycles. The molecule has 0 aliphatic carbocycles. The fourth-order valence-electron chi connectivity index (χ4n) is 3.19. The molecule has 176 valence electrons. The Morgan fingerprint density at radius 2 is 1.59 bits per heavy atom. The predicted molar refractivity (Wildman–Crippen MR) is 119 cm³/mol. The van der Waals surface area contributed by atoms with Gasteiger partial charge in [0.2, 0.25) is 0 Å². The molecule has 0 spiro atoms. The first kappa shape index (κ1) is 23.5. The van der Waals surface area contributed by atoms with Gasteiger partial charge in [0.05, 0.1) is 23.8 Å². The number of halogens is 4. The van der Waals surface area contributed by atoms with E-state index in [0.29, 0.717) is 21.0 Å². The van der Waals surface area contributed by atoms with Gasteiger partial charge >= 0.3 is 12.1 Å². The highest BCUT2D eigenvalue weighted by Gasteiger charge is 2.41. The van der Waals surface area contributed by atoms with Crippen molar-refractivity contribution in [1.82, 2.24) is 24.8 Å². The number of hydrogen-bond acceptors (Lipinski definition) is 5. The summed E-state index contributed by atoms with van der Waals surface area (Å²) in [6.45, 7) is 4.72. The quantitative estimate of drug-likeness (QED) is 0.341. The van der Waals surface area contributed by atoms with E-state index in [1.807, 2.05) is 0 Å². The zero-order valence-electron chi connectivity index (χ0n) is 18.3. The second-order valence-corrected chi connectivity index (χ2v) is 8.83. The summed E-state index contributed by atoms with van der Waals surface area (Å²) in [7, 11) is 0. The average Bonchev–Trinajstić information content (AvgIpc) is 3.41. The van der Waals surface area contributed by atoms with Crippen LogP contribution in [-0.2, 0) is 10.9 Å². The standard InChI is InChI=1S/C23H19ClF3N5O2/c1-22(2,3)34-21(33)18-12-28-32(20(18)23(25,26)27)17-8-4-14(5-9-17)19-13-31(30-29-19)16-10-6-15(24)7-11-16/h4-13H,1-3H3. The molecular formula is C23H19ClF3N5O2. The van der Waals surface area contributed by atoms with Gasteiger partial charge in [-0.2, -0.15) is 18.3 Å². The maximum absolute atomic E-state index is 13.9. The van der Waals surface area contributed by atoms with E-state index in [2.05, 4.69) is 15.4 Å². The molecule has 0 saturated carbocycles. The molecule has 0 amide bonds. The molecule has 0 aliphatic heterocycles. The molecular weight excluding hydrogens is 471 g/mol. The number of esters is 1. The monoisotopic (exact) mass is 489 g/mol. The van der Waals surface area contributed by atoms with Crippen molar-refractivity contribution < 1.29 is 22.7 Å². The van der Waals surface area contributed by atoms with Crippen molar-refractivity contribution >= 4 is 17.6 Å². The molecule has 4 aromatic rings. The number of rotatable bonds is 4. The fourth-order valence-corrected chi connectivity index (χ4v) is 3.31.